The molecule has 4 nitrogen and oxygen atoms in total. The number of anilines is 1. The zero-order chi connectivity index (χ0) is 15.5. The third-order valence-electron chi connectivity index (χ3n) is 3.38. The molecule has 0 aliphatic rings. The Morgan fingerprint density at radius 1 is 1.18 bits per heavy atom. The summed E-state index contributed by atoms with van der Waals surface area (Å²) in [5.41, 5.74) is 2.40. The van der Waals surface area contributed by atoms with Gasteiger partial charge in [0.05, 0.1) is 0 Å². The standard InChI is InChI=1S/C17H17N3OS/c1-12(2)13-7-3-4-8-14(13)18-16(21)15-11-22-17(19-15)20-9-5-6-10-20/h3-12H,1-2H3,(H,18,21). The number of nitrogens with one attached hydrogen (secondary N) is 1. The maximum absolute atomic E-state index is 12.4. The molecule has 0 saturated heterocycles. The van der Waals surface area contributed by atoms with Gasteiger partial charge in [0, 0.05) is 23.5 Å². The van der Waals surface area contributed by atoms with Crippen LogP contribution in [0, 0.1) is 0 Å². The highest BCUT2D eigenvalue weighted by molar-refractivity contribution is 7.12. The molecule has 0 atom stereocenters. The molecule has 0 bridgehead atoms. The summed E-state index contributed by atoms with van der Waals surface area (Å²) in [6.45, 7) is 4.22. The average Bonchev–Trinajstić information content (AvgIpc) is 3.18. The van der Waals surface area contributed by atoms with Crippen LogP contribution in [0.15, 0.2) is 54.2 Å². The van der Waals surface area contributed by atoms with Crippen LogP contribution in [-0.4, -0.2) is 15.5 Å². The van der Waals surface area contributed by atoms with E-state index in [1.54, 1.807) is 5.38 Å². The number of para-hydroxylation sites is 1. The number of carbonyl (C=O) groups excluding carboxylic acids is 1. The van der Waals surface area contributed by atoms with E-state index in [1.165, 1.54) is 11.3 Å². The van der Waals surface area contributed by atoms with Gasteiger partial charge >= 0.3 is 0 Å². The largest absolute Gasteiger partial charge is 0.320 e. The van der Waals surface area contributed by atoms with Gasteiger partial charge < -0.3 is 9.88 Å². The summed E-state index contributed by atoms with van der Waals surface area (Å²) >= 11 is 1.45. The third kappa shape index (κ3) is 2.94. The van der Waals surface area contributed by atoms with Gasteiger partial charge in [-0.15, -0.1) is 11.3 Å². The van der Waals surface area contributed by atoms with E-state index in [2.05, 4.69) is 24.1 Å². The normalized spacial score (nSPS) is 10.9. The van der Waals surface area contributed by atoms with Crippen molar-refractivity contribution in [3.8, 4) is 5.13 Å². The van der Waals surface area contributed by atoms with Gasteiger partial charge in [-0.3, -0.25) is 4.79 Å². The molecule has 3 aromatic rings. The fourth-order valence-electron chi connectivity index (χ4n) is 2.25. The highest BCUT2D eigenvalue weighted by Crippen LogP contribution is 2.24. The molecule has 0 saturated carbocycles. The molecule has 0 aliphatic carbocycles. The topological polar surface area (TPSA) is 46.9 Å². The molecule has 1 aromatic carbocycles. The Morgan fingerprint density at radius 3 is 2.64 bits per heavy atom. The van der Waals surface area contributed by atoms with Gasteiger partial charge in [-0.25, -0.2) is 4.98 Å². The summed E-state index contributed by atoms with van der Waals surface area (Å²) < 4.78 is 1.89. The van der Waals surface area contributed by atoms with Crippen molar-refractivity contribution >= 4 is 22.9 Å². The zero-order valence-corrected chi connectivity index (χ0v) is 13.3. The Morgan fingerprint density at radius 2 is 1.91 bits per heavy atom. The number of hydrogen-bond acceptors (Lipinski definition) is 3. The Hall–Kier alpha value is -2.40. The van der Waals surface area contributed by atoms with E-state index in [1.807, 2.05) is 53.4 Å². The van der Waals surface area contributed by atoms with Crippen LogP contribution in [0.25, 0.3) is 5.13 Å². The number of benzene rings is 1. The molecule has 1 N–H and O–H groups in total. The van der Waals surface area contributed by atoms with Crippen molar-refractivity contribution in [1.82, 2.24) is 9.55 Å². The average molecular weight is 311 g/mol. The van der Waals surface area contributed by atoms with Crippen LogP contribution in [-0.2, 0) is 0 Å². The second kappa shape index (κ2) is 6.15. The zero-order valence-electron chi connectivity index (χ0n) is 12.5. The molecule has 2 aromatic heterocycles. The molecule has 0 unspecified atom stereocenters. The first-order chi connectivity index (χ1) is 10.6. The second-order valence-electron chi connectivity index (χ2n) is 5.30. The van der Waals surface area contributed by atoms with Crippen LogP contribution in [0.2, 0.25) is 0 Å². The van der Waals surface area contributed by atoms with E-state index in [-0.39, 0.29) is 5.91 Å². The van der Waals surface area contributed by atoms with Crippen LogP contribution in [0.1, 0.15) is 35.8 Å². The fourth-order valence-corrected chi connectivity index (χ4v) is 3.02. The van der Waals surface area contributed by atoms with Crippen molar-refractivity contribution in [2.75, 3.05) is 5.32 Å². The highest BCUT2D eigenvalue weighted by atomic mass is 32.1. The van der Waals surface area contributed by atoms with E-state index >= 15 is 0 Å². The molecular formula is C17H17N3OS. The summed E-state index contributed by atoms with van der Waals surface area (Å²) in [4.78, 5) is 16.8. The predicted molar refractivity (Wildman–Crippen MR) is 89.9 cm³/mol. The monoisotopic (exact) mass is 311 g/mol. The molecule has 112 valence electrons. The predicted octanol–water partition coefficient (Wildman–Crippen LogP) is 4.31. The van der Waals surface area contributed by atoms with Gasteiger partial charge in [-0.1, -0.05) is 32.0 Å². The van der Waals surface area contributed by atoms with E-state index in [9.17, 15) is 4.79 Å². The Bertz CT molecular complexity index is 775. The lowest BCUT2D eigenvalue weighted by Gasteiger charge is -2.12. The molecule has 0 aliphatic heterocycles. The van der Waals surface area contributed by atoms with Crippen molar-refractivity contribution in [2.24, 2.45) is 0 Å². The molecule has 0 spiro atoms. The molecule has 1 amide bonds. The molecular weight excluding hydrogens is 294 g/mol. The van der Waals surface area contributed by atoms with Crippen molar-refractivity contribution in [2.45, 2.75) is 19.8 Å². The first-order valence-corrected chi connectivity index (χ1v) is 8.02. The van der Waals surface area contributed by atoms with E-state index in [4.69, 9.17) is 0 Å². The summed E-state index contributed by atoms with van der Waals surface area (Å²) in [5, 5.41) is 5.53. The highest BCUT2D eigenvalue weighted by Gasteiger charge is 2.14. The number of amides is 1. The van der Waals surface area contributed by atoms with E-state index in [0.717, 1.165) is 16.4 Å². The molecule has 0 fully saturated rings. The van der Waals surface area contributed by atoms with Gasteiger partial charge in [-0.2, -0.15) is 0 Å². The van der Waals surface area contributed by atoms with Gasteiger partial charge in [0.25, 0.3) is 5.91 Å². The quantitative estimate of drug-likeness (QED) is 0.780. The first-order valence-electron chi connectivity index (χ1n) is 7.14. The maximum Gasteiger partial charge on any atom is 0.275 e. The number of thiazole rings is 1. The smallest absolute Gasteiger partial charge is 0.275 e. The van der Waals surface area contributed by atoms with Gasteiger partial charge in [0.1, 0.15) is 5.69 Å². The molecule has 2 heterocycles. The molecule has 3 rings (SSSR count). The van der Waals surface area contributed by atoms with Crippen molar-refractivity contribution in [1.29, 1.82) is 0 Å². The summed E-state index contributed by atoms with van der Waals surface area (Å²) in [7, 11) is 0. The number of hydrogen-bond donors (Lipinski definition) is 1. The van der Waals surface area contributed by atoms with Crippen LogP contribution in [0.5, 0.6) is 0 Å². The van der Waals surface area contributed by atoms with Gasteiger partial charge in [0.2, 0.25) is 0 Å². The number of nitrogens with zero attached hydrogens (tertiary/aromatic N) is 2. The molecule has 5 heteroatoms. The maximum atomic E-state index is 12.4. The number of carbonyl (C=O) groups is 1. The van der Waals surface area contributed by atoms with Gasteiger partial charge in [-0.05, 0) is 29.7 Å². The van der Waals surface area contributed by atoms with Crippen molar-refractivity contribution < 1.29 is 4.79 Å². The van der Waals surface area contributed by atoms with Crippen LogP contribution in [0.4, 0.5) is 5.69 Å². The summed E-state index contributed by atoms with van der Waals surface area (Å²) in [6, 6.07) is 11.7. The number of rotatable bonds is 4. The van der Waals surface area contributed by atoms with Crippen LogP contribution >= 0.6 is 11.3 Å². The van der Waals surface area contributed by atoms with Crippen LogP contribution in [0.3, 0.4) is 0 Å². The van der Waals surface area contributed by atoms with E-state index in [0.29, 0.717) is 11.6 Å². The SMILES string of the molecule is CC(C)c1ccccc1NC(=O)c1csc(-n2cccc2)n1. The minimum Gasteiger partial charge on any atom is -0.320 e. The summed E-state index contributed by atoms with van der Waals surface area (Å²) in [5.74, 6) is 0.171. The minimum atomic E-state index is -0.178. The third-order valence-corrected chi connectivity index (χ3v) is 4.24. The fraction of sp³-hybridized carbons (Fsp3) is 0.176. The summed E-state index contributed by atoms with van der Waals surface area (Å²) in [6.07, 6.45) is 3.82. The molecule has 0 radical (unpaired) electrons. The molecule has 22 heavy (non-hydrogen) atoms. The second-order valence-corrected chi connectivity index (χ2v) is 6.14. The Balaban J connectivity index is 1.81. The van der Waals surface area contributed by atoms with Gasteiger partial charge in [0.15, 0.2) is 5.13 Å². The van der Waals surface area contributed by atoms with E-state index < -0.39 is 0 Å². The van der Waals surface area contributed by atoms with Crippen molar-refractivity contribution in [3.05, 3.63) is 65.4 Å². The Kier molecular flexibility index (Phi) is 4.06. The first kappa shape index (κ1) is 14.5. The Labute approximate surface area is 133 Å². The van der Waals surface area contributed by atoms with Crippen molar-refractivity contribution in [3.63, 3.8) is 0 Å². The van der Waals surface area contributed by atoms with Crippen LogP contribution < -0.4 is 5.32 Å². The lowest BCUT2D eigenvalue weighted by Crippen LogP contribution is -2.14. The lowest BCUT2D eigenvalue weighted by molar-refractivity contribution is 0.102. The number of aromatic nitrogens is 2. The minimum absolute atomic E-state index is 0.178. The lowest BCUT2D eigenvalue weighted by atomic mass is 10.0.